The lowest BCUT2D eigenvalue weighted by Crippen LogP contribution is -2.42. The maximum absolute atomic E-state index is 13.4. The minimum atomic E-state index is -4.77. The van der Waals surface area contributed by atoms with Crippen LogP contribution in [0, 0.1) is 0 Å². The van der Waals surface area contributed by atoms with Gasteiger partial charge >= 0.3 is 12.3 Å². The monoisotopic (exact) mass is 670 g/mol. The molecule has 0 bridgehead atoms. The van der Waals surface area contributed by atoms with Crippen LogP contribution < -0.4 is 15.5 Å². The number of carbonyl (C=O) groups excluding carboxylic acids is 4. The summed E-state index contributed by atoms with van der Waals surface area (Å²) in [6.45, 7) is 3.71. The van der Waals surface area contributed by atoms with E-state index < -0.39 is 36.2 Å². The number of nitrogens with one attached hydrogen (secondary N) is 2. The van der Waals surface area contributed by atoms with Gasteiger partial charge in [0.05, 0.1) is 17.6 Å². The van der Waals surface area contributed by atoms with E-state index in [-0.39, 0.29) is 34.3 Å². The summed E-state index contributed by atoms with van der Waals surface area (Å²) in [6, 6.07) is 8.86. The second-order valence-corrected chi connectivity index (χ2v) is 11.7. The predicted octanol–water partition coefficient (Wildman–Crippen LogP) is 4.58. The van der Waals surface area contributed by atoms with Crippen molar-refractivity contribution in [2.45, 2.75) is 32.5 Å². The molecule has 0 saturated carbocycles. The predicted molar refractivity (Wildman–Crippen MR) is 167 cm³/mol. The van der Waals surface area contributed by atoms with E-state index >= 15 is 0 Å². The van der Waals surface area contributed by atoms with Crippen LogP contribution in [0.1, 0.15) is 52.1 Å². The van der Waals surface area contributed by atoms with E-state index in [0.717, 1.165) is 18.5 Å². The molecule has 0 saturated heterocycles. The van der Waals surface area contributed by atoms with E-state index in [1.54, 1.807) is 24.3 Å². The number of oxazole rings is 1. The molecule has 0 spiro atoms. The topological polar surface area (TPSA) is 165 Å². The van der Waals surface area contributed by atoms with Crippen molar-refractivity contribution in [2.24, 2.45) is 0 Å². The SMILES string of the molecule is CN(C)CCNC(=O)c1nn(-c2ccc(C=O)cc2)cc1NC(=O)c1coc(-c2ccnc(N(CC(F)(F)F)C(=O)OC(C)(C)C)c2)n1. The Balaban J connectivity index is 1.60. The van der Waals surface area contributed by atoms with Gasteiger partial charge in [-0.2, -0.15) is 18.3 Å². The molecule has 0 fully saturated rings. The van der Waals surface area contributed by atoms with Crippen molar-refractivity contribution in [2.75, 3.05) is 43.9 Å². The van der Waals surface area contributed by atoms with Gasteiger partial charge in [0.15, 0.2) is 11.4 Å². The van der Waals surface area contributed by atoms with Crippen LogP contribution in [0.3, 0.4) is 0 Å². The van der Waals surface area contributed by atoms with Crippen molar-refractivity contribution in [3.63, 3.8) is 0 Å². The third-order valence-corrected chi connectivity index (χ3v) is 6.27. The number of likely N-dealkylation sites (N-methyl/N-ethyl adjacent to an activating group) is 1. The second-order valence-electron chi connectivity index (χ2n) is 11.7. The molecule has 254 valence electrons. The number of nitrogens with zero attached hydrogens (tertiary/aromatic N) is 6. The molecule has 4 aromatic rings. The Bertz CT molecular complexity index is 1780. The Labute approximate surface area is 272 Å². The molecule has 14 nitrogen and oxygen atoms in total. The Morgan fingerprint density at radius 1 is 1.06 bits per heavy atom. The fourth-order valence-corrected chi connectivity index (χ4v) is 4.08. The molecule has 17 heteroatoms. The van der Waals surface area contributed by atoms with Crippen molar-refractivity contribution in [1.82, 2.24) is 30.0 Å². The van der Waals surface area contributed by atoms with E-state index in [4.69, 9.17) is 9.15 Å². The Morgan fingerprint density at radius 2 is 1.77 bits per heavy atom. The third-order valence-electron chi connectivity index (χ3n) is 6.27. The van der Waals surface area contributed by atoms with Crippen molar-refractivity contribution in [1.29, 1.82) is 0 Å². The Kier molecular flexibility index (Phi) is 10.6. The van der Waals surface area contributed by atoms with Gasteiger partial charge in [-0.05, 0) is 71.3 Å². The summed E-state index contributed by atoms with van der Waals surface area (Å²) in [4.78, 5) is 60.3. The van der Waals surface area contributed by atoms with Gasteiger partial charge in [-0.1, -0.05) is 0 Å². The molecule has 2 N–H and O–H groups in total. The lowest BCUT2D eigenvalue weighted by molar-refractivity contribution is -0.119. The van der Waals surface area contributed by atoms with Gasteiger partial charge in [0.1, 0.15) is 30.5 Å². The first-order chi connectivity index (χ1) is 22.5. The Hall–Kier alpha value is -5.58. The van der Waals surface area contributed by atoms with Gasteiger partial charge in [0, 0.05) is 30.4 Å². The van der Waals surface area contributed by atoms with Gasteiger partial charge in [0.25, 0.3) is 11.8 Å². The maximum atomic E-state index is 13.4. The number of anilines is 2. The molecule has 1 aromatic carbocycles. The average Bonchev–Trinajstić information content (AvgIpc) is 3.67. The molecule has 0 radical (unpaired) electrons. The number of carbonyl (C=O) groups is 4. The highest BCUT2D eigenvalue weighted by molar-refractivity contribution is 6.07. The molecule has 0 aliphatic carbocycles. The van der Waals surface area contributed by atoms with Gasteiger partial charge in [-0.15, -0.1) is 0 Å². The van der Waals surface area contributed by atoms with Crippen LogP contribution in [-0.4, -0.2) is 94.3 Å². The molecule has 3 amide bonds. The zero-order valence-corrected chi connectivity index (χ0v) is 26.7. The molecule has 4 rings (SSSR count). The van der Waals surface area contributed by atoms with Crippen molar-refractivity contribution < 1.29 is 41.5 Å². The molecule has 0 atom stereocenters. The summed E-state index contributed by atoms with van der Waals surface area (Å²) in [5, 5.41) is 9.67. The van der Waals surface area contributed by atoms with Crippen LogP contribution in [0.15, 0.2) is 59.5 Å². The number of benzene rings is 1. The number of pyridine rings is 1. The quantitative estimate of drug-likeness (QED) is 0.216. The fraction of sp³-hybridized carbons (Fsp3) is 0.323. The van der Waals surface area contributed by atoms with Gasteiger partial charge < -0.3 is 24.7 Å². The summed E-state index contributed by atoms with van der Waals surface area (Å²) in [6.07, 6.45) is -1.76. The average molecular weight is 671 g/mol. The molecule has 0 aliphatic heterocycles. The number of amides is 3. The first kappa shape index (κ1) is 35.3. The van der Waals surface area contributed by atoms with Crippen molar-refractivity contribution in [3.8, 4) is 17.1 Å². The summed E-state index contributed by atoms with van der Waals surface area (Å²) < 4.78 is 52.1. The van der Waals surface area contributed by atoms with Gasteiger partial charge in [0.2, 0.25) is 5.89 Å². The number of aromatic nitrogens is 4. The molecular formula is C31H33F3N8O6. The van der Waals surface area contributed by atoms with Crippen LogP contribution in [0.2, 0.25) is 0 Å². The number of aldehydes is 1. The molecular weight excluding hydrogens is 637 g/mol. The first-order valence-electron chi connectivity index (χ1n) is 14.4. The van der Waals surface area contributed by atoms with Crippen LogP contribution in [0.25, 0.3) is 17.1 Å². The lowest BCUT2D eigenvalue weighted by Gasteiger charge is -2.27. The van der Waals surface area contributed by atoms with E-state index in [1.165, 1.54) is 37.7 Å². The van der Waals surface area contributed by atoms with Crippen molar-refractivity contribution in [3.05, 3.63) is 72.0 Å². The zero-order chi connectivity index (χ0) is 35.2. The van der Waals surface area contributed by atoms with Gasteiger partial charge in [-0.3, -0.25) is 19.3 Å². The van der Waals surface area contributed by atoms with E-state index in [0.29, 0.717) is 35.5 Å². The van der Waals surface area contributed by atoms with Crippen LogP contribution in [0.5, 0.6) is 0 Å². The largest absolute Gasteiger partial charge is 0.444 e. The van der Waals surface area contributed by atoms with E-state index in [2.05, 4.69) is 25.7 Å². The summed E-state index contributed by atoms with van der Waals surface area (Å²) in [5.41, 5.74) is -0.317. The van der Waals surface area contributed by atoms with Crippen LogP contribution in [-0.2, 0) is 4.74 Å². The van der Waals surface area contributed by atoms with Crippen molar-refractivity contribution >= 4 is 35.7 Å². The first-order valence-corrected chi connectivity index (χ1v) is 14.4. The number of ether oxygens (including phenoxy) is 1. The van der Waals surface area contributed by atoms with Crippen LogP contribution >= 0.6 is 0 Å². The molecule has 0 unspecified atom stereocenters. The smallest absolute Gasteiger partial charge is 0.416 e. The minimum Gasteiger partial charge on any atom is -0.444 e. The highest BCUT2D eigenvalue weighted by atomic mass is 19.4. The lowest BCUT2D eigenvalue weighted by atomic mass is 10.2. The standard InChI is InChI=1S/C31H33F3N8O6/c1-30(2,3)48-29(46)41(18-31(32,33)34)24-14-20(10-11-35-24)28-38-23(17-47-28)26(44)37-22-15-42(21-8-6-19(16-43)7-9-21)39-25(22)27(45)36-12-13-40(4)5/h6-11,14-17H,12-13,18H2,1-5H3,(H,36,45)(H,37,44). The maximum Gasteiger partial charge on any atom is 0.416 e. The van der Waals surface area contributed by atoms with Crippen LogP contribution in [0.4, 0.5) is 29.5 Å². The van der Waals surface area contributed by atoms with E-state index in [9.17, 15) is 32.3 Å². The number of hydrogen-bond acceptors (Lipinski definition) is 10. The second kappa shape index (κ2) is 14.5. The fourth-order valence-electron chi connectivity index (χ4n) is 4.08. The molecule has 48 heavy (non-hydrogen) atoms. The number of hydrogen-bond donors (Lipinski definition) is 2. The third kappa shape index (κ3) is 9.47. The normalized spacial score (nSPS) is 11.7. The highest BCUT2D eigenvalue weighted by Gasteiger charge is 2.37. The molecule has 3 aromatic heterocycles. The van der Waals surface area contributed by atoms with Gasteiger partial charge in [-0.25, -0.2) is 19.4 Å². The molecule has 3 heterocycles. The number of alkyl halides is 3. The Morgan fingerprint density at radius 3 is 2.40 bits per heavy atom. The zero-order valence-electron chi connectivity index (χ0n) is 26.7. The number of halogens is 3. The summed E-state index contributed by atoms with van der Waals surface area (Å²) >= 11 is 0. The summed E-state index contributed by atoms with van der Waals surface area (Å²) in [7, 11) is 3.68. The minimum absolute atomic E-state index is 0.0396. The number of rotatable bonds is 11. The molecule has 0 aliphatic rings. The summed E-state index contributed by atoms with van der Waals surface area (Å²) in [5.74, 6) is -1.90. The highest BCUT2D eigenvalue weighted by Crippen LogP contribution is 2.27. The van der Waals surface area contributed by atoms with E-state index in [1.807, 2.05) is 19.0 Å².